The van der Waals surface area contributed by atoms with Crippen molar-refractivity contribution in [2.24, 2.45) is 0 Å². The Morgan fingerprint density at radius 2 is 1.58 bits per heavy atom. The average Bonchev–Trinajstić information content (AvgIpc) is 2.91. The highest BCUT2D eigenvalue weighted by Gasteiger charge is 2.33. The summed E-state index contributed by atoms with van der Waals surface area (Å²) in [5.74, 6) is -0.697. The van der Waals surface area contributed by atoms with Gasteiger partial charge in [0.1, 0.15) is 12.6 Å². The molecule has 0 saturated heterocycles. The van der Waals surface area contributed by atoms with Gasteiger partial charge in [-0.2, -0.15) is 0 Å². The van der Waals surface area contributed by atoms with Gasteiger partial charge in [0, 0.05) is 13.1 Å². The molecule has 0 aliphatic carbocycles. The summed E-state index contributed by atoms with van der Waals surface area (Å²) in [6, 6.07) is 22.1. The number of nitrogens with one attached hydrogen (secondary N) is 1. The fourth-order valence-corrected chi connectivity index (χ4v) is 5.72. The lowest BCUT2D eigenvalue weighted by Gasteiger charge is -2.33. The van der Waals surface area contributed by atoms with Crippen LogP contribution in [0.25, 0.3) is 0 Å². The predicted octanol–water partition coefficient (Wildman–Crippen LogP) is 4.83. The number of sulfonamides is 1. The summed E-state index contributed by atoms with van der Waals surface area (Å²) in [6.07, 6.45) is 1.16. The molecular weight excluding hydrogens is 498 g/mol. The summed E-state index contributed by atoms with van der Waals surface area (Å²) in [6.45, 7) is 7.89. The molecule has 0 heterocycles. The Labute approximate surface area is 226 Å². The van der Waals surface area contributed by atoms with E-state index in [2.05, 4.69) is 5.32 Å². The number of amides is 2. The van der Waals surface area contributed by atoms with E-state index in [0.29, 0.717) is 18.7 Å². The Morgan fingerprint density at radius 1 is 0.895 bits per heavy atom. The van der Waals surface area contributed by atoms with Gasteiger partial charge in [0.05, 0.1) is 10.6 Å². The second-order valence-corrected chi connectivity index (χ2v) is 11.2. The number of nitrogens with zero attached hydrogens (tertiary/aromatic N) is 2. The number of hydrogen-bond donors (Lipinski definition) is 1. The molecule has 0 bridgehead atoms. The second kappa shape index (κ2) is 13.2. The first-order valence-corrected chi connectivity index (χ1v) is 14.4. The SMILES string of the molecule is CCCNC(=O)[C@@H](CC)N(Cc1ccccc1C)C(=O)CN(c1cccc(C)c1)S(=O)(=O)c1ccccc1. The predicted molar refractivity (Wildman–Crippen MR) is 151 cm³/mol. The van der Waals surface area contributed by atoms with Gasteiger partial charge in [-0.15, -0.1) is 0 Å². The van der Waals surface area contributed by atoms with Crippen LogP contribution in [0.5, 0.6) is 0 Å². The molecule has 7 nitrogen and oxygen atoms in total. The van der Waals surface area contributed by atoms with E-state index in [1.807, 2.05) is 58.0 Å². The summed E-state index contributed by atoms with van der Waals surface area (Å²) >= 11 is 0. The minimum absolute atomic E-state index is 0.0903. The molecule has 0 unspecified atom stereocenters. The van der Waals surface area contributed by atoms with E-state index in [1.165, 1.54) is 17.0 Å². The normalized spacial score (nSPS) is 12.0. The molecule has 3 aromatic carbocycles. The van der Waals surface area contributed by atoms with Gasteiger partial charge in [-0.05, 0) is 67.6 Å². The molecule has 1 N–H and O–H groups in total. The fourth-order valence-electron chi connectivity index (χ4n) is 4.29. The highest BCUT2D eigenvalue weighted by molar-refractivity contribution is 7.92. The molecule has 0 aliphatic heterocycles. The maximum atomic E-state index is 14.0. The summed E-state index contributed by atoms with van der Waals surface area (Å²) in [4.78, 5) is 28.8. The van der Waals surface area contributed by atoms with Crippen LogP contribution in [0.2, 0.25) is 0 Å². The van der Waals surface area contributed by atoms with Crippen LogP contribution in [0.3, 0.4) is 0 Å². The van der Waals surface area contributed by atoms with Crippen molar-refractivity contribution < 1.29 is 18.0 Å². The summed E-state index contributed by atoms with van der Waals surface area (Å²) in [7, 11) is -4.06. The third-order valence-corrected chi connectivity index (χ3v) is 8.22. The largest absolute Gasteiger partial charge is 0.354 e. The molecular formula is C30H37N3O4S. The molecule has 3 rings (SSSR count). The number of carbonyl (C=O) groups excluding carboxylic acids is 2. The van der Waals surface area contributed by atoms with E-state index >= 15 is 0 Å². The fraction of sp³-hybridized carbons (Fsp3) is 0.333. The van der Waals surface area contributed by atoms with Crippen LogP contribution in [-0.2, 0) is 26.2 Å². The Hall–Kier alpha value is -3.65. The van der Waals surface area contributed by atoms with E-state index in [-0.39, 0.29) is 17.3 Å². The van der Waals surface area contributed by atoms with Crippen molar-refractivity contribution in [3.63, 3.8) is 0 Å². The minimum Gasteiger partial charge on any atom is -0.354 e. The van der Waals surface area contributed by atoms with Gasteiger partial charge in [-0.3, -0.25) is 13.9 Å². The maximum Gasteiger partial charge on any atom is 0.264 e. The van der Waals surface area contributed by atoms with Crippen molar-refractivity contribution in [2.45, 2.75) is 58.0 Å². The van der Waals surface area contributed by atoms with Crippen LogP contribution in [0.1, 0.15) is 43.4 Å². The molecule has 0 saturated carbocycles. The van der Waals surface area contributed by atoms with Crippen LogP contribution in [-0.4, -0.2) is 44.3 Å². The smallest absolute Gasteiger partial charge is 0.264 e. The molecule has 0 aliphatic rings. The average molecular weight is 536 g/mol. The van der Waals surface area contributed by atoms with Gasteiger partial charge in [-0.1, -0.05) is 68.4 Å². The summed E-state index contributed by atoms with van der Waals surface area (Å²) in [5, 5.41) is 2.90. The third-order valence-electron chi connectivity index (χ3n) is 6.44. The molecule has 38 heavy (non-hydrogen) atoms. The Bertz CT molecular complexity index is 1340. The standard InChI is InChI=1S/C30H37N3O4S/c1-5-19-31-30(35)28(6-2)32(21-25-15-11-10-14-24(25)4)29(34)22-33(26-16-12-13-23(3)20-26)38(36,37)27-17-8-7-9-18-27/h7-18,20,28H,5-6,19,21-22H2,1-4H3,(H,31,35)/t28-/m1/s1. The van der Waals surface area contributed by atoms with Gasteiger partial charge in [0.15, 0.2) is 0 Å². The monoisotopic (exact) mass is 535 g/mol. The lowest BCUT2D eigenvalue weighted by Crippen LogP contribution is -2.52. The quantitative estimate of drug-likeness (QED) is 0.360. The zero-order chi connectivity index (χ0) is 27.7. The Balaban J connectivity index is 2.05. The van der Waals surface area contributed by atoms with Crippen molar-refractivity contribution in [1.82, 2.24) is 10.2 Å². The number of aryl methyl sites for hydroxylation is 2. The second-order valence-electron chi connectivity index (χ2n) is 9.33. The summed E-state index contributed by atoms with van der Waals surface area (Å²) in [5.41, 5.74) is 3.14. The van der Waals surface area contributed by atoms with E-state index in [1.54, 1.807) is 36.4 Å². The molecule has 0 radical (unpaired) electrons. The van der Waals surface area contributed by atoms with E-state index < -0.39 is 28.5 Å². The molecule has 3 aromatic rings. The molecule has 0 spiro atoms. The Morgan fingerprint density at radius 3 is 2.21 bits per heavy atom. The first kappa shape index (κ1) is 28.9. The van der Waals surface area contributed by atoms with E-state index in [9.17, 15) is 18.0 Å². The van der Waals surface area contributed by atoms with Crippen LogP contribution in [0.4, 0.5) is 5.69 Å². The zero-order valence-electron chi connectivity index (χ0n) is 22.6. The van der Waals surface area contributed by atoms with E-state index in [0.717, 1.165) is 27.4 Å². The van der Waals surface area contributed by atoms with Crippen LogP contribution in [0, 0.1) is 13.8 Å². The van der Waals surface area contributed by atoms with Gasteiger partial charge in [-0.25, -0.2) is 8.42 Å². The van der Waals surface area contributed by atoms with Gasteiger partial charge >= 0.3 is 0 Å². The number of carbonyl (C=O) groups is 2. The van der Waals surface area contributed by atoms with Crippen molar-refractivity contribution in [3.8, 4) is 0 Å². The lowest BCUT2D eigenvalue weighted by atomic mass is 10.1. The first-order valence-electron chi connectivity index (χ1n) is 12.9. The molecule has 2 amide bonds. The number of hydrogen-bond acceptors (Lipinski definition) is 4. The number of benzene rings is 3. The van der Waals surface area contributed by atoms with Crippen LogP contribution < -0.4 is 9.62 Å². The molecule has 0 fully saturated rings. The topological polar surface area (TPSA) is 86.8 Å². The van der Waals surface area contributed by atoms with E-state index in [4.69, 9.17) is 0 Å². The lowest BCUT2D eigenvalue weighted by molar-refractivity contribution is -0.140. The maximum absolute atomic E-state index is 14.0. The van der Waals surface area contributed by atoms with Gasteiger partial charge in [0.25, 0.3) is 10.0 Å². The zero-order valence-corrected chi connectivity index (χ0v) is 23.4. The minimum atomic E-state index is -4.06. The van der Waals surface area contributed by atoms with Gasteiger partial charge < -0.3 is 10.2 Å². The van der Waals surface area contributed by atoms with Crippen molar-refractivity contribution in [2.75, 3.05) is 17.4 Å². The first-order chi connectivity index (χ1) is 18.2. The van der Waals surface area contributed by atoms with Crippen molar-refractivity contribution in [3.05, 3.63) is 95.6 Å². The number of anilines is 1. The van der Waals surface area contributed by atoms with Crippen LogP contribution >= 0.6 is 0 Å². The molecule has 8 heteroatoms. The van der Waals surface area contributed by atoms with Crippen molar-refractivity contribution in [1.29, 1.82) is 0 Å². The third kappa shape index (κ3) is 7.01. The molecule has 202 valence electrons. The van der Waals surface area contributed by atoms with Gasteiger partial charge in [0.2, 0.25) is 11.8 Å². The van der Waals surface area contributed by atoms with Crippen molar-refractivity contribution >= 4 is 27.5 Å². The molecule has 0 aromatic heterocycles. The Kier molecular flexibility index (Phi) is 10.1. The highest BCUT2D eigenvalue weighted by atomic mass is 32.2. The summed E-state index contributed by atoms with van der Waals surface area (Å²) < 4.78 is 28.7. The highest BCUT2D eigenvalue weighted by Crippen LogP contribution is 2.25. The molecule has 1 atom stereocenters. The number of rotatable bonds is 12. The van der Waals surface area contributed by atoms with Crippen LogP contribution in [0.15, 0.2) is 83.8 Å².